The molecular formula is C21H25NO3S. The lowest BCUT2D eigenvalue weighted by molar-refractivity contribution is -0.114. The predicted octanol–water partition coefficient (Wildman–Crippen LogP) is 4.27. The summed E-state index contributed by atoms with van der Waals surface area (Å²) in [7, 11) is 1.65. The summed E-state index contributed by atoms with van der Waals surface area (Å²) in [5.74, 6) is 0.968. The Morgan fingerprint density at radius 2 is 2.04 bits per heavy atom. The number of amides is 1. The number of ether oxygens (including phenoxy) is 1. The molecule has 4 nitrogen and oxygen atoms in total. The highest BCUT2D eigenvalue weighted by molar-refractivity contribution is 7.12. The third-order valence-electron chi connectivity index (χ3n) is 6.02. The van der Waals surface area contributed by atoms with Crippen LogP contribution in [0.3, 0.4) is 0 Å². The molecule has 4 rings (SSSR count). The van der Waals surface area contributed by atoms with E-state index in [9.17, 15) is 9.90 Å². The third kappa shape index (κ3) is 3.03. The summed E-state index contributed by atoms with van der Waals surface area (Å²) in [6.45, 7) is 0.598. The van der Waals surface area contributed by atoms with Crippen molar-refractivity contribution in [3.05, 3.63) is 52.2 Å². The number of piperidine rings is 1. The van der Waals surface area contributed by atoms with Gasteiger partial charge in [0.15, 0.2) is 0 Å². The maximum Gasteiger partial charge on any atom is 0.264 e. The number of benzene rings is 1. The van der Waals surface area contributed by atoms with Gasteiger partial charge in [0.05, 0.1) is 23.6 Å². The van der Waals surface area contributed by atoms with Gasteiger partial charge in [-0.1, -0.05) is 31.0 Å². The molecule has 2 aliphatic rings. The van der Waals surface area contributed by atoms with Crippen LogP contribution in [0.15, 0.2) is 41.8 Å². The zero-order valence-electron chi connectivity index (χ0n) is 15.1. The maximum absolute atomic E-state index is 13.2. The Kier molecular flexibility index (Phi) is 4.76. The second-order valence-electron chi connectivity index (χ2n) is 7.40. The molecule has 138 valence electrons. The van der Waals surface area contributed by atoms with E-state index in [4.69, 9.17) is 4.74 Å². The Balaban J connectivity index is 1.73. The number of thiophene rings is 1. The van der Waals surface area contributed by atoms with Crippen molar-refractivity contribution in [3.8, 4) is 5.75 Å². The molecule has 1 N–H and O–H groups in total. The summed E-state index contributed by atoms with van der Waals surface area (Å²) in [6.07, 6.45) is 4.65. The third-order valence-corrected chi connectivity index (χ3v) is 6.88. The number of methoxy groups -OCH3 is 1. The minimum absolute atomic E-state index is 0.0773. The summed E-state index contributed by atoms with van der Waals surface area (Å²) in [4.78, 5) is 15.9. The average Bonchev–Trinajstić information content (AvgIpc) is 3.21. The predicted molar refractivity (Wildman–Crippen MR) is 103 cm³/mol. The van der Waals surface area contributed by atoms with Crippen LogP contribution in [0.4, 0.5) is 0 Å². The number of carbonyl (C=O) groups is 1. The van der Waals surface area contributed by atoms with Crippen LogP contribution in [0, 0.1) is 5.92 Å². The number of hydrogen-bond donors (Lipinski definition) is 1. The first kappa shape index (κ1) is 17.6. The molecule has 1 aromatic heterocycles. The van der Waals surface area contributed by atoms with Gasteiger partial charge in [0.25, 0.3) is 5.91 Å². The van der Waals surface area contributed by atoms with E-state index >= 15 is 0 Å². The van der Waals surface area contributed by atoms with Crippen molar-refractivity contribution < 1.29 is 14.6 Å². The number of hydrogen-bond acceptors (Lipinski definition) is 4. The Bertz CT molecular complexity index is 758. The van der Waals surface area contributed by atoms with E-state index in [1.165, 1.54) is 11.3 Å². The van der Waals surface area contributed by atoms with Gasteiger partial charge in [0.2, 0.25) is 0 Å². The lowest BCUT2D eigenvalue weighted by atomic mass is 9.66. The molecule has 2 aromatic rings. The second kappa shape index (κ2) is 7.05. The van der Waals surface area contributed by atoms with Crippen LogP contribution < -0.4 is 4.74 Å². The van der Waals surface area contributed by atoms with Gasteiger partial charge in [-0.15, -0.1) is 11.3 Å². The average molecular weight is 372 g/mol. The number of likely N-dealkylation sites (tertiary alicyclic amines) is 1. The van der Waals surface area contributed by atoms with Gasteiger partial charge in [-0.2, -0.15) is 0 Å². The Hall–Kier alpha value is -1.85. The molecule has 26 heavy (non-hydrogen) atoms. The maximum atomic E-state index is 13.2. The van der Waals surface area contributed by atoms with Crippen molar-refractivity contribution in [1.82, 2.24) is 4.90 Å². The van der Waals surface area contributed by atoms with E-state index in [1.54, 1.807) is 7.11 Å². The molecule has 1 saturated heterocycles. The lowest BCUT2D eigenvalue weighted by Crippen LogP contribution is -2.56. The Morgan fingerprint density at radius 3 is 2.73 bits per heavy atom. The van der Waals surface area contributed by atoms with Crippen LogP contribution in [0.25, 0.3) is 0 Å². The van der Waals surface area contributed by atoms with Crippen LogP contribution >= 0.6 is 11.3 Å². The molecule has 1 saturated carbocycles. The largest absolute Gasteiger partial charge is 0.497 e. The normalized spacial score (nSPS) is 28.5. The minimum Gasteiger partial charge on any atom is -0.497 e. The molecule has 0 radical (unpaired) electrons. The molecular weight excluding hydrogens is 346 g/mol. The fourth-order valence-electron chi connectivity index (χ4n) is 4.66. The number of aliphatic hydroxyl groups is 1. The van der Waals surface area contributed by atoms with Crippen LogP contribution in [0.5, 0.6) is 5.75 Å². The van der Waals surface area contributed by atoms with Crippen molar-refractivity contribution in [2.75, 3.05) is 13.7 Å². The first-order valence-electron chi connectivity index (χ1n) is 9.33. The number of carbonyl (C=O) groups excluding carboxylic acids is 1. The topological polar surface area (TPSA) is 49.8 Å². The van der Waals surface area contributed by atoms with Gasteiger partial charge in [0.1, 0.15) is 5.75 Å². The lowest BCUT2D eigenvalue weighted by Gasteiger charge is -2.52. The summed E-state index contributed by atoms with van der Waals surface area (Å²) in [6, 6.07) is 11.7. The molecule has 2 heterocycles. The van der Waals surface area contributed by atoms with Crippen LogP contribution in [0.2, 0.25) is 0 Å². The fraction of sp³-hybridized carbons (Fsp3) is 0.476. The van der Waals surface area contributed by atoms with E-state index < -0.39 is 5.60 Å². The molecule has 2 fully saturated rings. The molecule has 0 spiro atoms. The van der Waals surface area contributed by atoms with Crippen LogP contribution in [0.1, 0.15) is 53.4 Å². The highest BCUT2D eigenvalue weighted by atomic mass is 32.1. The molecule has 5 heteroatoms. The van der Waals surface area contributed by atoms with E-state index in [2.05, 4.69) is 0 Å². The summed E-state index contributed by atoms with van der Waals surface area (Å²) < 4.78 is 5.29. The van der Waals surface area contributed by atoms with Gasteiger partial charge in [-0.05, 0) is 48.4 Å². The van der Waals surface area contributed by atoms with Gasteiger partial charge in [-0.3, -0.25) is 4.79 Å². The summed E-state index contributed by atoms with van der Waals surface area (Å²) in [5.41, 5.74) is 0.426. The smallest absolute Gasteiger partial charge is 0.264 e. The van der Waals surface area contributed by atoms with Gasteiger partial charge >= 0.3 is 0 Å². The molecule has 3 atom stereocenters. The van der Waals surface area contributed by atoms with Crippen molar-refractivity contribution in [2.45, 2.75) is 43.7 Å². The number of nitrogens with zero attached hydrogens (tertiary/aromatic N) is 1. The van der Waals surface area contributed by atoms with Gasteiger partial charge in [0, 0.05) is 12.5 Å². The van der Waals surface area contributed by atoms with Crippen molar-refractivity contribution in [1.29, 1.82) is 0 Å². The van der Waals surface area contributed by atoms with E-state index in [1.807, 2.05) is 46.7 Å². The molecule has 1 aliphatic heterocycles. The summed E-state index contributed by atoms with van der Waals surface area (Å²) >= 11 is 1.48. The fourth-order valence-corrected chi connectivity index (χ4v) is 5.34. The molecule has 1 aromatic carbocycles. The highest BCUT2D eigenvalue weighted by Gasteiger charge is 2.50. The second-order valence-corrected chi connectivity index (χ2v) is 8.35. The standard InChI is InChI=1S/C21H25NO3S/c1-25-16-9-7-15(8-10-16)19-17-5-2-3-11-21(17,24)12-13-22(19)20(23)18-6-4-14-26-18/h4,6-10,14,17,19,24H,2-3,5,11-13H2,1H3/t17-,19-,21+/m1/s1. The zero-order valence-corrected chi connectivity index (χ0v) is 15.9. The number of rotatable bonds is 3. The Labute approximate surface area is 158 Å². The SMILES string of the molecule is COc1ccc([C@@H]2[C@H]3CCCC[C@]3(O)CCN2C(=O)c2cccs2)cc1. The van der Waals surface area contributed by atoms with Crippen molar-refractivity contribution in [2.24, 2.45) is 5.92 Å². The Morgan fingerprint density at radius 1 is 1.23 bits per heavy atom. The van der Waals surface area contributed by atoms with Crippen molar-refractivity contribution in [3.63, 3.8) is 0 Å². The molecule has 1 amide bonds. The number of fused-ring (bicyclic) bond motifs is 1. The summed E-state index contributed by atoms with van der Waals surface area (Å²) in [5, 5.41) is 13.2. The monoisotopic (exact) mass is 371 g/mol. The quantitative estimate of drug-likeness (QED) is 0.877. The highest BCUT2D eigenvalue weighted by Crippen LogP contribution is 2.49. The van der Waals surface area contributed by atoms with E-state index in [0.717, 1.165) is 41.9 Å². The van der Waals surface area contributed by atoms with Crippen molar-refractivity contribution >= 4 is 17.2 Å². The van der Waals surface area contributed by atoms with Crippen LogP contribution in [-0.4, -0.2) is 35.2 Å². The zero-order chi connectivity index (χ0) is 18.1. The first-order chi connectivity index (χ1) is 12.6. The van der Waals surface area contributed by atoms with Crippen LogP contribution in [-0.2, 0) is 0 Å². The molecule has 1 aliphatic carbocycles. The van der Waals surface area contributed by atoms with E-state index in [0.29, 0.717) is 13.0 Å². The minimum atomic E-state index is -0.658. The van der Waals surface area contributed by atoms with E-state index in [-0.39, 0.29) is 17.9 Å². The molecule has 0 unspecified atom stereocenters. The molecule has 0 bridgehead atoms. The van der Waals surface area contributed by atoms with Gasteiger partial charge < -0.3 is 14.7 Å². The van der Waals surface area contributed by atoms with Gasteiger partial charge in [-0.25, -0.2) is 0 Å². The first-order valence-corrected chi connectivity index (χ1v) is 10.2.